The summed E-state index contributed by atoms with van der Waals surface area (Å²) in [7, 11) is -4.67. The van der Waals surface area contributed by atoms with Crippen molar-refractivity contribution in [2.45, 2.75) is 89.8 Å². The van der Waals surface area contributed by atoms with E-state index in [-0.39, 0.29) is 0 Å². The molecule has 0 aliphatic carbocycles. The van der Waals surface area contributed by atoms with Crippen molar-refractivity contribution in [2.24, 2.45) is 5.92 Å². The van der Waals surface area contributed by atoms with E-state index < -0.39 is 32.5 Å². The largest absolute Gasteiger partial charge is 0.417 e. The predicted octanol–water partition coefficient (Wildman–Crippen LogP) is 6.24. The van der Waals surface area contributed by atoms with Crippen molar-refractivity contribution in [1.82, 2.24) is 0 Å². The molecule has 0 bridgehead atoms. The van der Waals surface area contributed by atoms with Crippen LogP contribution in [-0.4, -0.2) is 39.1 Å². The molecule has 5 heteroatoms. The maximum atomic E-state index is 6.64. The Morgan fingerprint density at radius 3 is 1.43 bits per heavy atom. The van der Waals surface area contributed by atoms with E-state index in [1.165, 1.54) is 11.3 Å². The molecule has 0 N–H and O–H groups in total. The zero-order valence-electron chi connectivity index (χ0n) is 16.8. The van der Waals surface area contributed by atoms with Gasteiger partial charge in [0, 0.05) is 30.8 Å². The van der Waals surface area contributed by atoms with Crippen LogP contribution in [0.2, 0.25) is 75.9 Å². The van der Waals surface area contributed by atoms with Crippen LogP contribution in [-0.2, 0) is 4.43 Å². The van der Waals surface area contributed by atoms with Gasteiger partial charge in [-0.1, -0.05) is 71.9 Å². The fourth-order valence-electron chi connectivity index (χ4n) is 4.16. The van der Waals surface area contributed by atoms with Crippen molar-refractivity contribution < 1.29 is 4.43 Å². The molecule has 1 nitrogen and oxygen atoms in total. The van der Waals surface area contributed by atoms with Crippen molar-refractivity contribution in [3.8, 4) is 0 Å². The lowest BCUT2D eigenvalue weighted by Gasteiger charge is -2.40. The topological polar surface area (TPSA) is 9.23 Å². The third kappa shape index (κ3) is 12.0. The Hall–Kier alpha value is 0.828. The first-order chi connectivity index (χ1) is 9.04. The molecule has 0 fully saturated rings. The fourth-order valence-corrected chi connectivity index (χ4v) is 37.5. The van der Waals surface area contributed by atoms with Gasteiger partial charge in [-0.05, 0) is 23.8 Å². The summed E-state index contributed by atoms with van der Waals surface area (Å²) in [6, 6.07) is 0. The average Bonchev–Trinajstić information content (AvgIpc) is 2.05. The first kappa shape index (κ1) is 21.8. The smallest absolute Gasteiger partial charge is 0.184 e. The highest BCUT2D eigenvalue weighted by Gasteiger charge is 2.42. The molecule has 21 heavy (non-hydrogen) atoms. The van der Waals surface area contributed by atoms with E-state index in [4.69, 9.17) is 4.43 Å². The van der Waals surface area contributed by atoms with Gasteiger partial charge in [0.1, 0.15) is 0 Å². The van der Waals surface area contributed by atoms with Crippen LogP contribution in [0, 0.1) is 5.92 Å². The lowest BCUT2D eigenvalue weighted by Crippen LogP contribution is -2.51. The highest BCUT2D eigenvalue weighted by atomic mass is 28.4. The molecule has 1 unspecified atom stereocenters. The highest BCUT2D eigenvalue weighted by molar-refractivity contribution is 7.04. The van der Waals surface area contributed by atoms with Crippen LogP contribution in [0.4, 0.5) is 0 Å². The van der Waals surface area contributed by atoms with Crippen LogP contribution in [0.1, 0.15) is 13.8 Å². The summed E-state index contributed by atoms with van der Waals surface area (Å²) in [5.41, 5.74) is 4.47. The molecule has 0 spiro atoms. The zero-order chi connectivity index (χ0) is 17.1. The first-order valence-electron chi connectivity index (χ1n) is 8.68. The van der Waals surface area contributed by atoms with E-state index >= 15 is 0 Å². The summed E-state index contributed by atoms with van der Waals surface area (Å²) >= 11 is 0. The SMILES string of the molecule is CC(C)CO[Si](C)(C[Si](C)(C)C)C[Si](C)(C)C[Si](C)(C)C. The fraction of sp³-hybridized carbons (Fsp3) is 1.00. The minimum absolute atomic E-state index is 0.667. The van der Waals surface area contributed by atoms with Crippen LogP contribution < -0.4 is 0 Å². The quantitative estimate of drug-likeness (QED) is 0.441. The normalized spacial score (nSPS) is 17.1. The van der Waals surface area contributed by atoms with Crippen molar-refractivity contribution in [1.29, 1.82) is 0 Å². The van der Waals surface area contributed by atoms with E-state index in [0.29, 0.717) is 5.92 Å². The molecule has 0 aromatic heterocycles. The summed E-state index contributed by atoms with van der Waals surface area (Å²) in [4.78, 5) is 0. The van der Waals surface area contributed by atoms with Gasteiger partial charge in [0.2, 0.25) is 0 Å². The van der Waals surface area contributed by atoms with Gasteiger partial charge in [-0.25, -0.2) is 0 Å². The molecular weight excluding hydrogens is 321 g/mol. The van der Waals surface area contributed by atoms with Crippen molar-refractivity contribution in [2.75, 3.05) is 6.61 Å². The number of hydrogen-bond donors (Lipinski definition) is 0. The van der Waals surface area contributed by atoms with Gasteiger partial charge >= 0.3 is 0 Å². The summed E-state index contributed by atoms with van der Waals surface area (Å²) < 4.78 is 6.64. The molecule has 0 heterocycles. The second kappa shape index (κ2) is 7.60. The number of hydrogen-bond acceptors (Lipinski definition) is 1. The van der Waals surface area contributed by atoms with Gasteiger partial charge in [0.15, 0.2) is 8.32 Å². The molecule has 0 radical (unpaired) electrons. The van der Waals surface area contributed by atoms with Gasteiger partial charge in [0.05, 0.1) is 0 Å². The molecule has 0 rings (SSSR count). The molecule has 0 aromatic carbocycles. The van der Waals surface area contributed by atoms with Crippen molar-refractivity contribution >= 4 is 32.5 Å². The lowest BCUT2D eigenvalue weighted by atomic mass is 10.2. The summed E-state index contributed by atoms with van der Waals surface area (Å²) in [5.74, 6) is 0.667. The summed E-state index contributed by atoms with van der Waals surface area (Å²) in [6.07, 6.45) is 0. The minimum Gasteiger partial charge on any atom is -0.417 e. The molecular formula is C16H42OSi4. The molecule has 0 aliphatic rings. The van der Waals surface area contributed by atoms with Crippen molar-refractivity contribution in [3.05, 3.63) is 0 Å². The zero-order valence-corrected chi connectivity index (χ0v) is 20.8. The maximum absolute atomic E-state index is 6.64. The van der Waals surface area contributed by atoms with Gasteiger partial charge in [-0.15, -0.1) is 0 Å². The summed E-state index contributed by atoms with van der Waals surface area (Å²) in [6.45, 7) is 28.5. The standard InChI is InChI=1S/C16H42OSi4/c1-16(2)12-17-21(11,14-19(6,7)8)15-20(9,10)13-18(3,4)5/h16H,12-15H2,1-11H3. The van der Waals surface area contributed by atoms with E-state index in [1.807, 2.05) is 0 Å². The maximum Gasteiger partial charge on any atom is 0.184 e. The van der Waals surface area contributed by atoms with Gasteiger partial charge < -0.3 is 4.43 Å². The van der Waals surface area contributed by atoms with Crippen LogP contribution >= 0.6 is 0 Å². The van der Waals surface area contributed by atoms with Crippen LogP contribution in [0.25, 0.3) is 0 Å². The van der Waals surface area contributed by atoms with Crippen molar-refractivity contribution in [3.63, 3.8) is 0 Å². The molecule has 0 aromatic rings. The Morgan fingerprint density at radius 1 is 0.667 bits per heavy atom. The van der Waals surface area contributed by atoms with Crippen LogP contribution in [0.5, 0.6) is 0 Å². The molecule has 0 amide bonds. The Morgan fingerprint density at radius 2 is 1.10 bits per heavy atom. The minimum atomic E-state index is -1.54. The van der Waals surface area contributed by atoms with Gasteiger partial charge in [-0.3, -0.25) is 0 Å². The molecule has 0 saturated heterocycles. The highest BCUT2D eigenvalue weighted by Crippen LogP contribution is 2.33. The Labute approximate surface area is 139 Å². The second-order valence-corrected chi connectivity index (χ2v) is 33.0. The third-order valence-electron chi connectivity index (χ3n) is 3.53. The average molecular weight is 363 g/mol. The summed E-state index contributed by atoms with van der Waals surface area (Å²) in [5, 5.41) is 0. The molecule has 128 valence electrons. The molecule has 1 atom stereocenters. The predicted molar refractivity (Wildman–Crippen MR) is 111 cm³/mol. The first-order valence-corrected chi connectivity index (χ1v) is 22.3. The Bertz CT molecular complexity index is 315. The monoisotopic (exact) mass is 362 g/mol. The Balaban J connectivity index is 5.04. The van der Waals surface area contributed by atoms with Crippen LogP contribution in [0.15, 0.2) is 0 Å². The van der Waals surface area contributed by atoms with Gasteiger partial charge in [-0.2, -0.15) is 0 Å². The van der Waals surface area contributed by atoms with Gasteiger partial charge in [0.25, 0.3) is 0 Å². The Kier molecular flexibility index (Phi) is 7.90. The van der Waals surface area contributed by atoms with Crippen LogP contribution in [0.3, 0.4) is 0 Å². The third-order valence-corrected chi connectivity index (χ3v) is 26.5. The molecule has 0 aliphatic heterocycles. The number of rotatable bonds is 9. The van der Waals surface area contributed by atoms with E-state index in [9.17, 15) is 0 Å². The molecule has 0 saturated carbocycles. The lowest BCUT2D eigenvalue weighted by molar-refractivity contribution is 0.262. The van der Waals surface area contributed by atoms with E-state index in [2.05, 4.69) is 72.8 Å². The van der Waals surface area contributed by atoms with E-state index in [1.54, 1.807) is 5.67 Å². The second-order valence-electron chi connectivity index (χ2n) is 11.0. The van der Waals surface area contributed by atoms with E-state index in [0.717, 1.165) is 6.61 Å².